The molecular formula is C18H18ClFN2O4. The van der Waals surface area contributed by atoms with Crippen molar-refractivity contribution in [3.8, 4) is 5.75 Å². The van der Waals surface area contributed by atoms with E-state index < -0.39 is 17.4 Å². The van der Waals surface area contributed by atoms with Crippen LogP contribution in [0.25, 0.3) is 10.9 Å². The molecular weight excluding hydrogens is 363 g/mol. The van der Waals surface area contributed by atoms with Crippen LogP contribution in [-0.4, -0.2) is 28.9 Å². The van der Waals surface area contributed by atoms with Crippen molar-refractivity contribution in [2.24, 2.45) is 0 Å². The predicted octanol–water partition coefficient (Wildman–Crippen LogP) is 4.18. The maximum Gasteiger partial charge on any atom is 0.511 e. The van der Waals surface area contributed by atoms with Crippen molar-refractivity contribution >= 4 is 34.3 Å². The highest BCUT2D eigenvalue weighted by molar-refractivity contribution is 6.38. The van der Waals surface area contributed by atoms with Gasteiger partial charge < -0.3 is 19.3 Å². The number of anilines is 1. The minimum Gasteiger partial charge on any atom is -0.449 e. The number of nitrogens with zero attached hydrogens (tertiary/aromatic N) is 2. The summed E-state index contributed by atoms with van der Waals surface area (Å²) >= 11 is 6.59. The number of ether oxygens (including phenoxy) is 1. The fourth-order valence-corrected chi connectivity index (χ4v) is 4.03. The third-order valence-electron chi connectivity index (χ3n) is 4.96. The Morgan fingerprint density at radius 1 is 1.27 bits per heavy atom. The molecule has 1 saturated carbocycles. The van der Waals surface area contributed by atoms with Gasteiger partial charge >= 0.3 is 6.16 Å². The topological polar surface area (TPSA) is 71.8 Å². The predicted molar refractivity (Wildman–Crippen MR) is 96.2 cm³/mol. The molecule has 2 aliphatic rings. The van der Waals surface area contributed by atoms with Crippen LogP contribution in [-0.2, 0) is 0 Å². The number of carboxylic acid groups (broad SMARTS) is 1. The van der Waals surface area contributed by atoms with Crippen molar-refractivity contribution < 1.29 is 19.0 Å². The van der Waals surface area contributed by atoms with Crippen LogP contribution in [0.5, 0.6) is 5.75 Å². The number of fused-ring (bicyclic) bond motifs is 1. The lowest BCUT2D eigenvalue weighted by Gasteiger charge is -2.30. The van der Waals surface area contributed by atoms with Gasteiger partial charge in [-0.2, -0.15) is 0 Å². The second-order valence-corrected chi connectivity index (χ2v) is 7.17. The summed E-state index contributed by atoms with van der Waals surface area (Å²) < 4.78 is 21.2. The molecule has 26 heavy (non-hydrogen) atoms. The summed E-state index contributed by atoms with van der Waals surface area (Å²) in [6.45, 7) is 1.44. The maximum atomic E-state index is 14.9. The normalized spacial score (nSPS) is 17.5. The van der Waals surface area contributed by atoms with E-state index in [-0.39, 0.29) is 22.2 Å². The van der Waals surface area contributed by atoms with Gasteiger partial charge in [-0.1, -0.05) is 11.6 Å². The molecule has 0 unspecified atom stereocenters. The van der Waals surface area contributed by atoms with E-state index in [0.29, 0.717) is 11.2 Å². The van der Waals surface area contributed by atoms with Crippen LogP contribution in [0.3, 0.4) is 0 Å². The third kappa shape index (κ3) is 2.90. The van der Waals surface area contributed by atoms with Crippen molar-refractivity contribution in [2.45, 2.75) is 38.1 Å². The summed E-state index contributed by atoms with van der Waals surface area (Å²) in [5, 5.41) is 9.10. The van der Waals surface area contributed by atoms with E-state index in [1.807, 2.05) is 4.90 Å². The zero-order valence-corrected chi connectivity index (χ0v) is 14.8. The number of pyridine rings is 1. The molecule has 1 aliphatic carbocycles. The van der Waals surface area contributed by atoms with Crippen molar-refractivity contribution in [1.82, 2.24) is 4.57 Å². The summed E-state index contributed by atoms with van der Waals surface area (Å²) in [6, 6.07) is 1.26. The first-order valence-electron chi connectivity index (χ1n) is 8.70. The first-order valence-corrected chi connectivity index (χ1v) is 9.07. The fourth-order valence-electron chi connectivity index (χ4n) is 3.62. The Labute approximate surface area is 153 Å². The molecule has 2 heterocycles. The maximum absolute atomic E-state index is 14.9. The van der Waals surface area contributed by atoms with Crippen LogP contribution in [0.15, 0.2) is 17.1 Å². The van der Waals surface area contributed by atoms with Crippen molar-refractivity contribution in [2.75, 3.05) is 18.0 Å². The van der Waals surface area contributed by atoms with Crippen molar-refractivity contribution in [3.05, 3.63) is 33.3 Å². The Morgan fingerprint density at radius 3 is 2.58 bits per heavy atom. The standard InChI is InChI=1S/C18H18ClFN2O4/c19-14-15-11(8-12(20)16(14)21-6-2-1-3-7-21)17(23)13(26-18(24)25)9-22(15)10-4-5-10/h8-10H,1-7H2,(H,24,25). The number of benzene rings is 1. The number of carbonyl (C=O) groups is 1. The minimum absolute atomic E-state index is 0.0407. The molecule has 0 radical (unpaired) electrons. The summed E-state index contributed by atoms with van der Waals surface area (Å²) in [5.41, 5.74) is 0.0868. The average Bonchev–Trinajstić information content (AvgIpc) is 3.43. The van der Waals surface area contributed by atoms with Crippen LogP contribution < -0.4 is 15.1 Å². The quantitative estimate of drug-likeness (QED) is 0.809. The number of hydrogen-bond donors (Lipinski definition) is 1. The van der Waals surface area contributed by atoms with Crippen LogP contribution in [0.1, 0.15) is 38.1 Å². The molecule has 8 heteroatoms. The van der Waals surface area contributed by atoms with Crippen molar-refractivity contribution in [1.29, 1.82) is 0 Å². The Kier molecular flexibility index (Phi) is 4.26. The molecule has 6 nitrogen and oxygen atoms in total. The molecule has 1 aliphatic heterocycles. The van der Waals surface area contributed by atoms with E-state index in [0.717, 1.165) is 51.3 Å². The lowest BCUT2D eigenvalue weighted by molar-refractivity contribution is 0.143. The second kappa shape index (κ2) is 6.46. The monoisotopic (exact) mass is 380 g/mol. The summed E-state index contributed by atoms with van der Waals surface area (Å²) in [5.74, 6) is -0.908. The fraction of sp³-hybridized carbons (Fsp3) is 0.444. The SMILES string of the molecule is O=C(O)Oc1cn(C2CC2)c2c(Cl)c(N3CCCCC3)c(F)cc2c1=O. The van der Waals surface area contributed by atoms with Gasteiger partial charge in [-0.3, -0.25) is 4.79 Å². The van der Waals surface area contributed by atoms with E-state index in [1.165, 1.54) is 6.20 Å². The van der Waals surface area contributed by atoms with Gasteiger partial charge in [0, 0.05) is 19.1 Å². The molecule has 0 atom stereocenters. The Bertz CT molecular complexity index is 949. The zero-order chi connectivity index (χ0) is 18.4. The molecule has 0 bridgehead atoms. The number of hydrogen-bond acceptors (Lipinski definition) is 4. The van der Waals surface area contributed by atoms with Gasteiger partial charge in [-0.25, -0.2) is 9.18 Å². The van der Waals surface area contributed by atoms with Gasteiger partial charge in [0.25, 0.3) is 0 Å². The Morgan fingerprint density at radius 2 is 1.96 bits per heavy atom. The first kappa shape index (κ1) is 17.1. The summed E-state index contributed by atoms with van der Waals surface area (Å²) in [6.07, 6.45) is 4.60. The van der Waals surface area contributed by atoms with Gasteiger partial charge in [0.2, 0.25) is 5.43 Å². The molecule has 1 aromatic heterocycles. The van der Waals surface area contributed by atoms with Crippen LogP contribution >= 0.6 is 11.6 Å². The van der Waals surface area contributed by atoms with E-state index >= 15 is 0 Å². The molecule has 1 N–H and O–H groups in total. The third-order valence-corrected chi connectivity index (χ3v) is 5.32. The molecule has 138 valence electrons. The zero-order valence-electron chi connectivity index (χ0n) is 14.0. The Balaban J connectivity index is 1.97. The van der Waals surface area contributed by atoms with Crippen LogP contribution in [0.2, 0.25) is 5.02 Å². The van der Waals surface area contributed by atoms with Gasteiger partial charge in [0.15, 0.2) is 5.75 Å². The molecule has 0 spiro atoms. The largest absolute Gasteiger partial charge is 0.511 e. The molecule has 1 aromatic carbocycles. The number of rotatable bonds is 3. The van der Waals surface area contributed by atoms with Crippen LogP contribution in [0.4, 0.5) is 14.9 Å². The van der Waals surface area contributed by atoms with E-state index in [9.17, 15) is 14.0 Å². The van der Waals surface area contributed by atoms with Gasteiger partial charge in [-0.15, -0.1) is 0 Å². The first-order chi connectivity index (χ1) is 12.5. The minimum atomic E-state index is -1.58. The van der Waals surface area contributed by atoms with E-state index in [1.54, 1.807) is 4.57 Å². The van der Waals surface area contributed by atoms with Gasteiger partial charge in [0.05, 0.1) is 27.8 Å². The highest BCUT2D eigenvalue weighted by Gasteiger charge is 2.30. The second-order valence-electron chi connectivity index (χ2n) is 6.79. The van der Waals surface area contributed by atoms with Crippen molar-refractivity contribution in [3.63, 3.8) is 0 Å². The lowest BCUT2D eigenvalue weighted by atomic mass is 10.1. The molecule has 2 aromatic rings. The number of aromatic nitrogens is 1. The molecule has 0 amide bonds. The van der Waals surface area contributed by atoms with Gasteiger partial charge in [-0.05, 0) is 38.2 Å². The summed E-state index contributed by atoms with van der Waals surface area (Å²) in [4.78, 5) is 25.4. The number of piperidine rings is 1. The average molecular weight is 381 g/mol. The Hall–Kier alpha value is -2.28. The molecule has 4 rings (SSSR count). The van der Waals surface area contributed by atoms with Gasteiger partial charge in [0.1, 0.15) is 5.82 Å². The number of halogens is 2. The lowest BCUT2D eigenvalue weighted by Crippen LogP contribution is -2.30. The highest BCUT2D eigenvalue weighted by atomic mass is 35.5. The van der Waals surface area contributed by atoms with Crippen LogP contribution in [0, 0.1) is 5.82 Å². The summed E-state index contributed by atoms with van der Waals surface area (Å²) in [7, 11) is 0. The molecule has 2 fully saturated rings. The smallest absolute Gasteiger partial charge is 0.449 e. The highest BCUT2D eigenvalue weighted by Crippen LogP contribution is 2.43. The molecule has 1 saturated heterocycles. The van der Waals surface area contributed by atoms with E-state index in [4.69, 9.17) is 16.7 Å². The van der Waals surface area contributed by atoms with E-state index in [2.05, 4.69) is 4.74 Å².